The maximum absolute atomic E-state index is 12.2. The molecule has 6 nitrogen and oxygen atoms in total. The Kier molecular flexibility index (Phi) is 5.45. The number of rotatable bonds is 7. The zero-order valence-electron chi connectivity index (χ0n) is 14.3. The van der Waals surface area contributed by atoms with Crippen molar-refractivity contribution in [1.82, 2.24) is 10.6 Å². The molecular weight excluding hydrogens is 304 g/mol. The van der Waals surface area contributed by atoms with Crippen molar-refractivity contribution in [2.24, 2.45) is 5.92 Å². The first-order valence-electron chi connectivity index (χ1n) is 8.21. The van der Waals surface area contributed by atoms with E-state index < -0.39 is 5.54 Å². The van der Waals surface area contributed by atoms with Crippen molar-refractivity contribution in [3.63, 3.8) is 0 Å². The van der Waals surface area contributed by atoms with Gasteiger partial charge in [-0.25, -0.2) is 0 Å². The number of nitriles is 1. The van der Waals surface area contributed by atoms with E-state index in [1.807, 2.05) is 19.9 Å². The minimum Gasteiger partial charge on any atom is -0.376 e. The third-order valence-electron chi connectivity index (χ3n) is 4.31. The van der Waals surface area contributed by atoms with Gasteiger partial charge in [-0.05, 0) is 37.8 Å². The van der Waals surface area contributed by atoms with Gasteiger partial charge in [0.2, 0.25) is 5.91 Å². The van der Waals surface area contributed by atoms with Crippen LogP contribution < -0.4 is 16.0 Å². The highest BCUT2D eigenvalue weighted by atomic mass is 16.2. The van der Waals surface area contributed by atoms with Crippen molar-refractivity contribution in [1.29, 1.82) is 5.26 Å². The summed E-state index contributed by atoms with van der Waals surface area (Å²) in [5.74, 6) is -0.432. The van der Waals surface area contributed by atoms with Crippen LogP contribution in [0.3, 0.4) is 0 Å². The summed E-state index contributed by atoms with van der Waals surface area (Å²) in [6.07, 6.45) is 2.04. The fraction of sp³-hybridized carbons (Fsp3) is 0.500. The highest BCUT2D eigenvalue weighted by molar-refractivity contribution is 6.00. The predicted octanol–water partition coefficient (Wildman–Crippen LogP) is 2.05. The summed E-state index contributed by atoms with van der Waals surface area (Å²) in [6.45, 7) is 5.47. The van der Waals surface area contributed by atoms with Crippen molar-refractivity contribution >= 4 is 17.5 Å². The summed E-state index contributed by atoms with van der Waals surface area (Å²) >= 11 is 0. The van der Waals surface area contributed by atoms with Gasteiger partial charge in [0, 0.05) is 11.7 Å². The van der Waals surface area contributed by atoms with Gasteiger partial charge in [0.25, 0.3) is 5.91 Å². The topological polar surface area (TPSA) is 94.0 Å². The molecule has 6 heteroatoms. The van der Waals surface area contributed by atoms with Gasteiger partial charge in [0.15, 0.2) is 0 Å². The number of hydrogen-bond acceptors (Lipinski definition) is 4. The molecule has 3 N–H and O–H groups in total. The van der Waals surface area contributed by atoms with Crippen LogP contribution in [0.15, 0.2) is 24.3 Å². The molecule has 1 saturated carbocycles. The second-order valence-electron chi connectivity index (χ2n) is 6.66. The van der Waals surface area contributed by atoms with Crippen molar-refractivity contribution in [3.8, 4) is 6.07 Å². The molecule has 0 saturated heterocycles. The number of para-hydroxylation sites is 1. The van der Waals surface area contributed by atoms with E-state index in [4.69, 9.17) is 0 Å². The van der Waals surface area contributed by atoms with E-state index >= 15 is 0 Å². The summed E-state index contributed by atoms with van der Waals surface area (Å²) in [7, 11) is 0. The van der Waals surface area contributed by atoms with Gasteiger partial charge in [-0.3, -0.25) is 9.59 Å². The van der Waals surface area contributed by atoms with E-state index in [0.717, 1.165) is 12.8 Å². The number of nitrogens with zero attached hydrogens (tertiary/aromatic N) is 1. The Balaban J connectivity index is 1.98. The van der Waals surface area contributed by atoms with Gasteiger partial charge < -0.3 is 16.0 Å². The van der Waals surface area contributed by atoms with Gasteiger partial charge in [0.05, 0.1) is 18.2 Å². The molecular formula is C18H24N4O2. The Morgan fingerprint density at radius 3 is 2.58 bits per heavy atom. The zero-order chi connectivity index (χ0) is 17.7. The molecule has 0 heterocycles. The maximum atomic E-state index is 12.2. The molecule has 1 aromatic carbocycles. The number of hydrogen-bond donors (Lipinski definition) is 3. The zero-order valence-corrected chi connectivity index (χ0v) is 14.3. The summed E-state index contributed by atoms with van der Waals surface area (Å²) in [4.78, 5) is 24.4. The van der Waals surface area contributed by atoms with Gasteiger partial charge in [0.1, 0.15) is 5.54 Å². The molecule has 2 amide bonds. The third kappa shape index (κ3) is 4.48. The Morgan fingerprint density at radius 2 is 2.00 bits per heavy atom. The third-order valence-corrected chi connectivity index (χ3v) is 4.31. The van der Waals surface area contributed by atoms with Crippen LogP contribution in [0.1, 0.15) is 44.0 Å². The molecule has 1 fully saturated rings. The van der Waals surface area contributed by atoms with E-state index in [2.05, 4.69) is 22.0 Å². The number of carbonyl (C=O) groups is 2. The van der Waals surface area contributed by atoms with E-state index in [1.165, 1.54) is 0 Å². The highest BCUT2D eigenvalue weighted by Crippen LogP contribution is 2.21. The summed E-state index contributed by atoms with van der Waals surface area (Å²) in [5.41, 5.74) is 0.208. The van der Waals surface area contributed by atoms with E-state index in [0.29, 0.717) is 11.3 Å². The van der Waals surface area contributed by atoms with Crippen LogP contribution in [0.25, 0.3) is 0 Å². The molecule has 1 aliphatic carbocycles. The van der Waals surface area contributed by atoms with Crippen LogP contribution in [0, 0.1) is 17.2 Å². The Morgan fingerprint density at radius 1 is 1.33 bits per heavy atom. The molecule has 1 atom stereocenters. The molecule has 1 aliphatic rings. The SMILES string of the molecule is CC(C)C(C)(C#N)NC(=O)CNc1ccccc1C(=O)NC1CC1. The molecule has 128 valence electrons. The fourth-order valence-electron chi connectivity index (χ4n) is 2.14. The summed E-state index contributed by atoms with van der Waals surface area (Å²) in [6, 6.07) is 9.51. The van der Waals surface area contributed by atoms with Crippen LogP contribution in [-0.2, 0) is 4.79 Å². The monoisotopic (exact) mass is 328 g/mol. The first-order chi connectivity index (χ1) is 11.4. The van der Waals surface area contributed by atoms with Gasteiger partial charge >= 0.3 is 0 Å². The molecule has 1 unspecified atom stereocenters. The minimum absolute atomic E-state index is 0.00227. The molecule has 1 aromatic rings. The van der Waals surface area contributed by atoms with Crippen LogP contribution in [0.4, 0.5) is 5.69 Å². The Hall–Kier alpha value is -2.55. The fourth-order valence-corrected chi connectivity index (χ4v) is 2.14. The van der Waals surface area contributed by atoms with E-state index in [1.54, 1.807) is 25.1 Å². The normalized spacial score (nSPS) is 16.0. The number of nitrogens with one attached hydrogen (secondary N) is 3. The largest absolute Gasteiger partial charge is 0.376 e. The molecule has 0 aromatic heterocycles. The van der Waals surface area contributed by atoms with Gasteiger partial charge in [-0.1, -0.05) is 26.0 Å². The lowest BCUT2D eigenvalue weighted by Gasteiger charge is -2.27. The highest BCUT2D eigenvalue weighted by Gasteiger charge is 2.30. The quantitative estimate of drug-likeness (QED) is 0.714. The van der Waals surface area contributed by atoms with Crippen molar-refractivity contribution < 1.29 is 9.59 Å². The molecule has 24 heavy (non-hydrogen) atoms. The Bertz CT molecular complexity index is 661. The molecule has 0 spiro atoms. The van der Waals surface area contributed by atoms with Gasteiger partial charge in [-0.2, -0.15) is 5.26 Å². The van der Waals surface area contributed by atoms with Gasteiger partial charge in [-0.15, -0.1) is 0 Å². The smallest absolute Gasteiger partial charge is 0.253 e. The molecule has 0 aliphatic heterocycles. The van der Waals surface area contributed by atoms with Crippen molar-refractivity contribution in [2.45, 2.75) is 45.2 Å². The second-order valence-corrected chi connectivity index (χ2v) is 6.66. The summed E-state index contributed by atoms with van der Waals surface area (Å²) in [5, 5.41) is 17.9. The molecule has 0 radical (unpaired) electrons. The van der Waals surface area contributed by atoms with Crippen LogP contribution in [-0.4, -0.2) is 29.9 Å². The van der Waals surface area contributed by atoms with Crippen LogP contribution >= 0.6 is 0 Å². The minimum atomic E-state index is -0.915. The number of carbonyl (C=O) groups excluding carboxylic acids is 2. The van der Waals surface area contributed by atoms with Crippen molar-refractivity contribution in [3.05, 3.63) is 29.8 Å². The lowest BCUT2D eigenvalue weighted by molar-refractivity contribution is -0.121. The molecule has 0 bridgehead atoms. The predicted molar refractivity (Wildman–Crippen MR) is 92.4 cm³/mol. The maximum Gasteiger partial charge on any atom is 0.253 e. The van der Waals surface area contributed by atoms with E-state index in [9.17, 15) is 14.9 Å². The average Bonchev–Trinajstić information content (AvgIpc) is 3.36. The van der Waals surface area contributed by atoms with Crippen molar-refractivity contribution in [2.75, 3.05) is 11.9 Å². The lowest BCUT2D eigenvalue weighted by atomic mass is 9.90. The first kappa shape index (κ1) is 17.8. The summed E-state index contributed by atoms with van der Waals surface area (Å²) < 4.78 is 0. The standard InChI is InChI=1S/C18H24N4O2/c1-12(2)18(3,11-19)22-16(23)10-20-15-7-5-4-6-14(15)17(24)21-13-8-9-13/h4-7,12-13,20H,8-10H2,1-3H3,(H,21,24)(H,22,23). The Labute approximate surface area is 142 Å². The average molecular weight is 328 g/mol. The van der Waals surface area contributed by atoms with E-state index in [-0.39, 0.29) is 30.3 Å². The first-order valence-corrected chi connectivity index (χ1v) is 8.21. The number of benzene rings is 1. The molecule has 2 rings (SSSR count). The number of anilines is 1. The van der Waals surface area contributed by atoms with Crippen LogP contribution in [0.5, 0.6) is 0 Å². The lowest BCUT2D eigenvalue weighted by Crippen LogP contribution is -2.50. The van der Waals surface area contributed by atoms with Crippen LogP contribution in [0.2, 0.25) is 0 Å². The second kappa shape index (κ2) is 7.35. The number of amides is 2.